The lowest BCUT2D eigenvalue weighted by Crippen LogP contribution is -2.38. The van der Waals surface area contributed by atoms with E-state index < -0.39 is 12.3 Å². The van der Waals surface area contributed by atoms with E-state index in [1.165, 1.54) is 0 Å². The highest BCUT2D eigenvalue weighted by Gasteiger charge is 2.34. The molecule has 0 bridgehead atoms. The van der Waals surface area contributed by atoms with E-state index in [4.69, 9.17) is 14.6 Å². The molecule has 2 aliphatic heterocycles. The zero-order valence-corrected chi connectivity index (χ0v) is 22.3. The number of hydrogen-bond acceptors (Lipinski definition) is 7. The van der Waals surface area contributed by atoms with E-state index >= 15 is 0 Å². The molecule has 2 saturated heterocycles. The van der Waals surface area contributed by atoms with Crippen LogP contribution in [0.4, 0.5) is 5.69 Å². The lowest BCUT2D eigenvalue weighted by atomic mass is 9.99. The number of nitrogens with one attached hydrogen (secondary N) is 1. The maximum Gasteiger partial charge on any atom is 0.303 e. The number of carbonyl (C=O) groups is 2. The third-order valence-corrected chi connectivity index (χ3v) is 7.31. The molecule has 0 spiro atoms. The standard InChI is InChI=1S/C30H40N2O7/c33-20-21-10-12-22(13-11-21)27-17-26(19-32-15-14-25(34)18-32)38-30(39-27)23-6-5-7-24(16-23)31-28(35)8-3-1-2-4-9-29(36)37/h5-7,10-13,16,25-27,30,33-34H,1-4,8-9,14-15,17-20H2,(H,31,35)(H,36,37)/t25-,26+,27-,30-/m0/s1. The summed E-state index contributed by atoms with van der Waals surface area (Å²) in [6.45, 7) is 2.16. The van der Waals surface area contributed by atoms with Crippen molar-refractivity contribution in [2.75, 3.05) is 25.0 Å². The number of amides is 1. The van der Waals surface area contributed by atoms with Crippen LogP contribution >= 0.6 is 0 Å². The highest BCUT2D eigenvalue weighted by molar-refractivity contribution is 5.90. The molecule has 0 aromatic heterocycles. The summed E-state index contributed by atoms with van der Waals surface area (Å²) in [5.41, 5.74) is 3.34. The summed E-state index contributed by atoms with van der Waals surface area (Å²) in [6, 6.07) is 15.3. The molecule has 39 heavy (non-hydrogen) atoms. The van der Waals surface area contributed by atoms with E-state index in [2.05, 4.69) is 10.2 Å². The number of unbranched alkanes of at least 4 members (excludes halogenated alkanes) is 3. The highest BCUT2D eigenvalue weighted by Crippen LogP contribution is 2.39. The van der Waals surface area contributed by atoms with Gasteiger partial charge in [-0.25, -0.2) is 0 Å². The Morgan fingerprint density at radius 2 is 1.74 bits per heavy atom. The third kappa shape index (κ3) is 9.12. The molecule has 2 fully saturated rings. The molecule has 2 aromatic carbocycles. The van der Waals surface area contributed by atoms with E-state index in [0.29, 0.717) is 44.5 Å². The summed E-state index contributed by atoms with van der Waals surface area (Å²) in [5.74, 6) is -0.867. The summed E-state index contributed by atoms with van der Waals surface area (Å²) in [7, 11) is 0. The van der Waals surface area contributed by atoms with Crippen LogP contribution in [0, 0.1) is 0 Å². The molecule has 9 heteroatoms. The number of hydrogen-bond donors (Lipinski definition) is 4. The normalized spacial score (nSPS) is 23.5. The van der Waals surface area contributed by atoms with E-state index in [1.807, 2.05) is 48.5 Å². The summed E-state index contributed by atoms with van der Waals surface area (Å²) >= 11 is 0. The minimum atomic E-state index is -0.786. The second kappa shape index (κ2) is 14.5. The molecule has 4 N–H and O–H groups in total. The minimum Gasteiger partial charge on any atom is -0.481 e. The molecule has 212 valence electrons. The largest absolute Gasteiger partial charge is 0.481 e. The zero-order valence-electron chi connectivity index (χ0n) is 22.3. The van der Waals surface area contributed by atoms with Crippen molar-refractivity contribution in [2.24, 2.45) is 0 Å². The minimum absolute atomic E-state index is 0.0132. The third-order valence-electron chi connectivity index (χ3n) is 7.31. The average Bonchev–Trinajstić information content (AvgIpc) is 3.34. The maximum atomic E-state index is 12.5. The Labute approximate surface area is 229 Å². The van der Waals surface area contributed by atoms with E-state index in [1.54, 1.807) is 0 Å². The first-order valence-electron chi connectivity index (χ1n) is 13.9. The van der Waals surface area contributed by atoms with Crippen molar-refractivity contribution in [1.29, 1.82) is 0 Å². The number of anilines is 1. The molecule has 4 rings (SSSR count). The topological polar surface area (TPSA) is 129 Å². The van der Waals surface area contributed by atoms with Crippen LogP contribution < -0.4 is 5.32 Å². The number of nitrogens with zero attached hydrogens (tertiary/aromatic N) is 1. The number of aliphatic hydroxyl groups excluding tert-OH is 2. The lowest BCUT2D eigenvalue weighted by molar-refractivity contribution is -0.252. The van der Waals surface area contributed by atoms with Crippen LogP contribution in [-0.2, 0) is 25.7 Å². The lowest BCUT2D eigenvalue weighted by Gasteiger charge is -2.38. The molecule has 2 aliphatic rings. The van der Waals surface area contributed by atoms with Crippen molar-refractivity contribution < 1.29 is 34.4 Å². The van der Waals surface area contributed by atoms with Gasteiger partial charge in [0.2, 0.25) is 5.91 Å². The van der Waals surface area contributed by atoms with Crippen LogP contribution in [0.1, 0.15) is 80.5 Å². The number of aliphatic hydroxyl groups is 2. The van der Waals surface area contributed by atoms with Crippen LogP contribution in [0.25, 0.3) is 0 Å². The number of carbonyl (C=O) groups excluding carboxylic acids is 1. The van der Waals surface area contributed by atoms with Gasteiger partial charge in [0.15, 0.2) is 6.29 Å². The molecule has 2 aromatic rings. The van der Waals surface area contributed by atoms with Gasteiger partial charge in [0, 0.05) is 50.1 Å². The summed E-state index contributed by atoms with van der Waals surface area (Å²) in [6.07, 6.45) is 3.72. The first kappa shape index (κ1) is 29.2. The van der Waals surface area contributed by atoms with Gasteiger partial charge in [0.25, 0.3) is 0 Å². The van der Waals surface area contributed by atoms with Gasteiger partial charge in [-0.15, -0.1) is 0 Å². The second-order valence-electron chi connectivity index (χ2n) is 10.5. The number of β-amino-alcohol motifs (C(OH)–C–C–N with tert-alkyl or cyclic N) is 1. The smallest absolute Gasteiger partial charge is 0.303 e. The van der Waals surface area contributed by atoms with E-state index in [0.717, 1.165) is 42.5 Å². The number of ether oxygens (including phenoxy) is 2. The van der Waals surface area contributed by atoms with Crippen molar-refractivity contribution in [3.05, 3.63) is 65.2 Å². The quantitative estimate of drug-likeness (QED) is 0.279. The predicted octanol–water partition coefficient (Wildman–Crippen LogP) is 4.15. The Hall–Kier alpha value is -2.82. The molecule has 0 saturated carbocycles. The van der Waals surface area contributed by atoms with Gasteiger partial charge in [0.1, 0.15) is 0 Å². The fourth-order valence-corrected chi connectivity index (χ4v) is 5.20. The maximum absolute atomic E-state index is 12.5. The van der Waals surface area contributed by atoms with Crippen molar-refractivity contribution in [2.45, 2.75) is 82.6 Å². The molecule has 1 amide bonds. The Morgan fingerprint density at radius 1 is 0.974 bits per heavy atom. The Balaban J connectivity index is 1.38. The van der Waals surface area contributed by atoms with E-state index in [9.17, 15) is 19.8 Å². The zero-order chi connectivity index (χ0) is 27.6. The van der Waals surface area contributed by atoms with Crippen molar-refractivity contribution in [1.82, 2.24) is 4.90 Å². The van der Waals surface area contributed by atoms with Crippen LogP contribution in [0.5, 0.6) is 0 Å². The number of aliphatic carboxylic acids is 1. The molecule has 9 nitrogen and oxygen atoms in total. The fourth-order valence-electron chi connectivity index (χ4n) is 5.20. The molecule has 4 atom stereocenters. The van der Waals surface area contributed by atoms with Gasteiger partial charge in [-0.2, -0.15) is 0 Å². The summed E-state index contributed by atoms with van der Waals surface area (Å²) < 4.78 is 12.8. The fraction of sp³-hybridized carbons (Fsp3) is 0.533. The molecular weight excluding hydrogens is 500 g/mol. The number of benzene rings is 2. The molecule has 0 radical (unpaired) electrons. The van der Waals surface area contributed by atoms with Gasteiger partial charge in [-0.1, -0.05) is 49.2 Å². The Bertz CT molecular complexity index is 1080. The van der Waals surface area contributed by atoms with Crippen molar-refractivity contribution in [3.63, 3.8) is 0 Å². The van der Waals surface area contributed by atoms with Gasteiger partial charge in [-0.3, -0.25) is 14.5 Å². The Kier molecular flexibility index (Phi) is 10.9. The van der Waals surface area contributed by atoms with Crippen LogP contribution in [0.3, 0.4) is 0 Å². The first-order chi connectivity index (χ1) is 18.9. The van der Waals surface area contributed by atoms with Gasteiger partial charge in [0.05, 0.1) is 24.9 Å². The first-order valence-corrected chi connectivity index (χ1v) is 13.9. The molecule has 0 unspecified atom stereocenters. The molecular formula is C30H40N2O7. The monoisotopic (exact) mass is 540 g/mol. The van der Waals surface area contributed by atoms with Gasteiger partial charge < -0.3 is 30.1 Å². The number of rotatable bonds is 13. The van der Waals surface area contributed by atoms with Crippen LogP contribution in [-0.4, -0.2) is 63.9 Å². The van der Waals surface area contributed by atoms with Gasteiger partial charge >= 0.3 is 5.97 Å². The molecule has 2 heterocycles. The van der Waals surface area contributed by atoms with Crippen LogP contribution in [0.2, 0.25) is 0 Å². The summed E-state index contributed by atoms with van der Waals surface area (Å²) in [5, 5.41) is 31.1. The van der Waals surface area contributed by atoms with Crippen LogP contribution in [0.15, 0.2) is 48.5 Å². The second-order valence-corrected chi connectivity index (χ2v) is 10.5. The van der Waals surface area contributed by atoms with Gasteiger partial charge in [-0.05, 0) is 42.5 Å². The number of carboxylic acid groups (broad SMARTS) is 1. The Morgan fingerprint density at radius 3 is 2.44 bits per heavy atom. The predicted molar refractivity (Wildman–Crippen MR) is 146 cm³/mol. The van der Waals surface area contributed by atoms with Crippen molar-refractivity contribution >= 4 is 17.6 Å². The average molecular weight is 541 g/mol. The molecule has 0 aliphatic carbocycles. The van der Waals surface area contributed by atoms with E-state index in [-0.39, 0.29) is 37.2 Å². The van der Waals surface area contributed by atoms with Crippen molar-refractivity contribution in [3.8, 4) is 0 Å². The highest BCUT2D eigenvalue weighted by atomic mass is 16.7. The number of likely N-dealkylation sites (tertiary alicyclic amines) is 1. The number of carboxylic acids is 1. The summed E-state index contributed by atoms with van der Waals surface area (Å²) in [4.78, 5) is 25.3. The SMILES string of the molecule is O=C(O)CCCCCCC(=O)Nc1cccc([C@H]2O[C@@H](CN3CC[C@H](O)C3)C[C@@H](c3ccc(CO)cc3)O2)c1.